The second kappa shape index (κ2) is 4.74. The maximum atomic E-state index is 11.0. The quantitative estimate of drug-likeness (QED) is 0.763. The molecule has 0 aromatic heterocycles. The highest BCUT2D eigenvalue weighted by Gasteiger charge is 2.18. The first-order valence-corrected chi connectivity index (χ1v) is 4.83. The molecule has 0 saturated heterocycles. The predicted molar refractivity (Wildman–Crippen MR) is 60.1 cm³/mol. The van der Waals surface area contributed by atoms with Crippen LogP contribution in [0.2, 0.25) is 0 Å². The minimum absolute atomic E-state index is 0.00514. The highest BCUT2D eigenvalue weighted by Crippen LogP contribution is 2.34. The summed E-state index contributed by atoms with van der Waals surface area (Å²) in [5, 5.41) is 9.03. The molecule has 0 aliphatic heterocycles. The van der Waals surface area contributed by atoms with E-state index in [9.17, 15) is 4.79 Å². The Morgan fingerprint density at radius 1 is 1.44 bits per heavy atom. The lowest BCUT2D eigenvalue weighted by atomic mass is 10.1. The fraction of sp³-hybridized carbons (Fsp3) is 0.364. The normalized spacial score (nSPS) is 10.2. The van der Waals surface area contributed by atoms with E-state index >= 15 is 0 Å². The average molecular weight is 225 g/mol. The second-order valence-electron chi connectivity index (χ2n) is 3.57. The van der Waals surface area contributed by atoms with Crippen LogP contribution in [0.1, 0.15) is 24.2 Å². The first kappa shape index (κ1) is 12.2. The summed E-state index contributed by atoms with van der Waals surface area (Å²) in [5.41, 5.74) is 5.90. The van der Waals surface area contributed by atoms with Crippen LogP contribution in [0.3, 0.4) is 0 Å². The summed E-state index contributed by atoms with van der Waals surface area (Å²) >= 11 is 0. The van der Waals surface area contributed by atoms with Crippen LogP contribution < -0.4 is 15.2 Å². The third-order valence-corrected chi connectivity index (χ3v) is 1.88. The zero-order valence-electron chi connectivity index (χ0n) is 9.48. The molecule has 1 aromatic rings. The van der Waals surface area contributed by atoms with Crippen LogP contribution in [0.4, 0.5) is 5.69 Å². The van der Waals surface area contributed by atoms with Crippen molar-refractivity contribution in [1.29, 1.82) is 0 Å². The van der Waals surface area contributed by atoms with Gasteiger partial charge in [0.25, 0.3) is 0 Å². The summed E-state index contributed by atoms with van der Waals surface area (Å²) in [7, 11) is 1.44. The molecule has 88 valence electrons. The molecule has 5 nitrogen and oxygen atoms in total. The van der Waals surface area contributed by atoms with Gasteiger partial charge in [-0.2, -0.15) is 0 Å². The topological polar surface area (TPSA) is 81.8 Å². The van der Waals surface area contributed by atoms with Gasteiger partial charge >= 0.3 is 5.97 Å². The summed E-state index contributed by atoms with van der Waals surface area (Å²) in [6.07, 6.45) is -0.143. The van der Waals surface area contributed by atoms with Gasteiger partial charge in [-0.3, -0.25) is 0 Å². The Hall–Kier alpha value is -1.91. The number of rotatable bonds is 4. The van der Waals surface area contributed by atoms with Gasteiger partial charge in [0.15, 0.2) is 11.5 Å². The molecule has 3 N–H and O–H groups in total. The monoisotopic (exact) mass is 225 g/mol. The van der Waals surface area contributed by atoms with Crippen molar-refractivity contribution in [2.24, 2.45) is 0 Å². The van der Waals surface area contributed by atoms with Gasteiger partial charge in [0.05, 0.1) is 13.2 Å². The van der Waals surface area contributed by atoms with E-state index in [1.807, 2.05) is 0 Å². The highest BCUT2D eigenvalue weighted by atomic mass is 16.5. The first-order chi connectivity index (χ1) is 7.45. The number of aromatic carboxylic acids is 1. The molecular weight excluding hydrogens is 210 g/mol. The van der Waals surface area contributed by atoms with E-state index in [4.69, 9.17) is 20.3 Å². The lowest BCUT2D eigenvalue weighted by molar-refractivity contribution is 0.0689. The van der Waals surface area contributed by atoms with Gasteiger partial charge < -0.3 is 20.3 Å². The van der Waals surface area contributed by atoms with Crippen molar-refractivity contribution in [2.45, 2.75) is 20.0 Å². The van der Waals surface area contributed by atoms with Gasteiger partial charge in [-0.05, 0) is 19.9 Å². The minimum atomic E-state index is -1.10. The summed E-state index contributed by atoms with van der Waals surface area (Å²) in [6, 6.07) is 2.88. The molecule has 0 heterocycles. The maximum absolute atomic E-state index is 11.0. The Morgan fingerprint density at radius 2 is 2.06 bits per heavy atom. The van der Waals surface area contributed by atoms with E-state index in [2.05, 4.69) is 0 Å². The van der Waals surface area contributed by atoms with Gasteiger partial charge in [-0.15, -0.1) is 0 Å². The number of nitrogens with two attached hydrogens (primary N) is 1. The molecule has 0 radical (unpaired) electrons. The van der Waals surface area contributed by atoms with Gasteiger partial charge in [0.1, 0.15) is 5.56 Å². The van der Waals surface area contributed by atoms with E-state index in [1.54, 1.807) is 13.8 Å². The Morgan fingerprint density at radius 3 is 2.50 bits per heavy atom. The SMILES string of the molecule is COc1cc(N)cc(C(=O)O)c1OC(C)C. The molecule has 0 bridgehead atoms. The summed E-state index contributed by atoms with van der Waals surface area (Å²) < 4.78 is 10.5. The van der Waals surface area contributed by atoms with E-state index in [0.717, 1.165) is 0 Å². The Bertz CT molecular complexity index is 401. The maximum Gasteiger partial charge on any atom is 0.339 e. The summed E-state index contributed by atoms with van der Waals surface area (Å²) in [5.74, 6) is -0.563. The van der Waals surface area contributed by atoms with Crippen molar-refractivity contribution in [3.8, 4) is 11.5 Å². The Kier molecular flexibility index (Phi) is 3.60. The first-order valence-electron chi connectivity index (χ1n) is 4.83. The van der Waals surface area contributed by atoms with Gasteiger partial charge in [-0.25, -0.2) is 4.79 Å². The van der Waals surface area contributed by atoms with Crippen molar-refractivity contribution in [2.75, 3.05) is 12.8 Å². The minimum Gasteiger partial charge on any atom is -0.493 e. The standard InChI is InChI=1S/C11H15NO4/c1-6(2)16-10-8(11(13)14)4-7(12)5-9(10)15-3/h4-6H,12H2,1-3H3,(H,13,14). The molecule has 1 rings (SSSR count). The molecule has 0 atom stereocenters. The van der Waals surface area contributed by atoms with Crippen LogP contribution in [0.15, 0.2) is 12.1 Å². The number of methoxy groups -OCH3 is 1. The number of hydrogen-bond acceptors (Lipinski definition) is 4. The third-order valence-electron chi connectivity index (χ3n) is 1.88. The molecule has 0 aliphatic rings. The number of nitrogen functional groups attached to an aromatic ring is 1. The number of carboxylic acids is 1. The Labute approximate surface area is 93.8 Å². The second-order valence-corrected chi connectivity index (χ2v) is 3.57. The van der Waals surface area contributed by atoms with Crippen LogP contribution in [-0.4, -0.2) is 24.3 Å². The number of ether oxygens (including phenoxy) is 2. The number of benzene rings is 1. The molecule has 16 heavy (non-hydrogen) atoms. The third kappa shape index (κ3) is 2.56. The molecule has 5 heteroatoms. The number of carboxylic acid groups (broad SMARTS) is 1. The Balaban J connectivity index is 3.33. The predicted octanol–water partition coefficient (Wildman–Crippen LogP) is 1.76. The molecular formula is C11H15NO4. The largest absolute Gasteiger partial charge is 0.493 e. The summed E-state index contributed by atoms with van der Waals surface area (Å²) in [6.45, 7) is 3.61. The van der Waals surface area contributed by atoms with Crippen molar-refractivity contribution >= 4 is 11.7 Å². The van der Waals surface area contributed by atoms with Crippen LogP contribution in [0.25, 0.3) is 0 Å². The van der Waals surface area contributed by atoms with Crippen LogP contribution in [-0.2, 0) is 0 Å². The van der Waals surface area contributed by atoms with Gasteiger partial charge in [0.2, 0.25) is 0 Å². The van der Waals surface area contributed by atoms with Gasteiger partial charge in [0, 0.05) is 11.8 Å². The van der Waals surface area contributed by atoms with Crippen molar-refractivity contribution in [1.82, 2.24) is 0 Å². The van der Waals surface area contributed by atoms with Crippen molar-refractivity contribution in [3.05, 3.63) is 17.7 Å². The van der Waals surface area contributed by atoms with Crippen LogP contribution in [0, 0.1) is 0 Å². The fourth-order valence-electron chi connectivity index (χ4n) is 1.29. The lowest BCUT2D eigenvalue weighted by Gasteiger charge is -2.16. The lowest BCUT2D eigenvalue weighted by Crippen LogP contribution is -2.11. The van der Waals surface area contributed by atoms with Crippen molar-refractivity contribution in [3.63, 3.8) is 0 Å². The zero-order valence-corrected chi connectivity index (χ0v) is 9.48. The molecule has 0 saturated carbocycles. The van der Waals surface area contributed by atoms with E-state index in [1.165, 1.54) is 19.2 Å². The van der Waals surface area contributed by atoms with Gasteiger partial charge in [-0.1, -0.05) is 0 Å². The average Bonchev–Trinajstić information content (AvgIpc) is 2.19. The number of carbonyl (C=O) groups is 1. The van der Waals surface area contributed by atoms with E-state index < -0.39 is 5.97 Å². The molecule has 0 aliphatic carbocycles. The fourth-order valence-corrected chi connectivity index (χ4v) is 1.29. The molecule has 0 amide bonds. The summed E-state index contributed by atoms with van der Waals surface area (Å²) in [4.78, 5) is 11.0. The van der Waals surface area contributed by atoms with E-state index in [-0.39, 0.29) is 17.4 Å². The molecule has 1 aromatic carbocycles. The molecule has 0 spiro atoms. The van der Waals surface area contributed by atoms with Crippen LogP contribution >= 0.6 is 0 Å². The molecule has 0 unspecified atom stereocenters. The van der Waals surface area contributed by atoms with Crippen molar-refractivity contribution < 1.29 is 19.4 Å². The molecule has 0 fully saturated rings. The van der Waals surface area contributed by atoms with Crippen LogP contribution in [0.5, 0.6) is 11.5 Å². The number of hydrogen-bond donors (Lipinski definition) is 2. The highest BCUT2D eigenvalue weighted by molar-refractivity contribution is 5.93. The smallest absolute Gasteiger partial charge is 0.339 e. The zero-order chi connectivity index (χ0) is 12.3. The number of anilines is 1. The van der Waals surface area contributed by atoms with E-state index in [0.29, 0.717) is 11.4 Å².